The highest BCUT2D eigenvalue weighted by Crippen LogP contribution is 2.18. The van der Waals surface area contributed by atoms with E-state index in [2.05, 4.69) is 4.90 Å². The van der Waals surface area contributed by atoms with Gasteiger partial charge in [0.15, 0.2) is 5.76 Å². The third kappa shape index (κ3) is 3.21. The number of carbonyl (C=O) groups excluding carboxylic acids is 2. The number of nitrogens with two attached hydrogens (primary N) is 1. The van der Waals surface area contributed by atoms with Crippen molar-refractivity contribution in [2.45, 2.75) is 6.92 Å². The number of piperazine rings is 1. The molecule has 120 valence electrons. The molecule has 2 aromatic rings. The van der Waals surface area contributed by atoms with Crippen molar-refractivity contribution in [1.82, 2.24) is 4.90 Å². The number of furan rings is 1. The number of hydrogen-bond acceptors (Lipinski definition) is 4. The molecule has 0 atom stereocenters. The zero-order valence-corrected chi connectivity index (χ0v) is 13.0. The summed E-state index contributed by atoms with van der Waals surface area (Å²) < 4.78 is 5.40. The highest BCUT2D eigenvalue weighted by atomic mass is 16.3. The van der Waals surface area contributed by atoms with E-state index in [1.165, 1.54) is 0 Å². The zero-order chi connectivity index (χ0) is 16.4. The number of benzene rings is 1. The summed E-state index contributed by atoms with van der Waals surface area (Å²) in [7, 11) is 0. The van der Waals surface area contributed by atoms with Crippen LogP contribution in [-0.4, -0.2) is 42.9 Å². The molecule has 0 aliphatic carbocycles. The van der Waals surface area contributed by atoms with Gasteiger partial charge in [0, 0.05) is 37.4 Å². The molecule has 3 rings (SSSR count). The van der Waals surface area contributed by atoms with Gasteiger partial charge in [-0.15, -0.1) is 0 Å². The molecule has 0 spiro atoms. The first kappa shape index (κ1) is 15.1. The number of aryl methyl sites for hydroxylation is 1. The van der Waals surface area contributed by atoms with Crippen molar-refractivity contribution in [3.8, 4) is 0 Å². The van der Waals surface area contributed by atoms with Crippen molar-refractivity contribution in [2.75, 3.05) is 31.1 Å². The van der Waals surface area contributed by atoms with Crippen LogP contribution in [0.25, 0.3) is 0 Å². The average Bonchev–Trinajstić information content (AvgIpc) is 3.01. The monoisotopic (exact) mass is 313 g/mol. The molecular formula is C17H19N3O3. The molecule has 1 aliphatic rings. The summed E-state index contributed by atoms with van der Waals surface area (Å²) in [5, 5.41) is 0. The number of hydrogen-bond donors (Lipinski definition) is 1. The van der Waals surface area contributed by atoms with Gasteiger partial charge in [0.1, 0.15) is 5.76 Å². The van der Waals surface area contributed by atoms with Crippen LogP contribution >= 0.6 is 0 Å². The molecule has 2 heterocycles. The molecule has 6 nitrogen and oxygen atoms in total. The molecular weight excluding hydrogens is 294 g/mol. The number of amides is 2. The minimum absolute atomic E-state index is 0.0678. The summed E-state index contributed by atoms with van der Waals surface area (Å²) >= 11 is 0. The predicted molar refractivity (Wildman–Crippen MR) is 86.5 cm³/mol. The lowest BCUT2D eigenvalue weighted by atomic mass is 10.1. The molecule has 0 saturated carbocycles. The van der Waals surface area contributed by atoms with E-state index in [4.69, 9.17) is 10.2 Å². The third-order valence-corrected chi connectivity index (χ3v) is 4.03. The van der Waals surface area contributed by atoms with E-state index in [0.717, 1.165) is 24.5 Å². The van der Waals surface area contributed by atoms with Crippen LogP contribution in [0.3, 0.4) is 0 Å². The smallest absolute Gasteiger partial charge is 0.289 e. The summed E-state index contributed by atoms with van der Waals surface area (Å²) in [5.41, 5.74) is 6.77. The lowest BCUT2D eigenvalue weighted by Crippen LogP contribution is -2.48. The Labute approximate surface area is 134 Å². The molecule has 23 heavy (non-hydrogen) atoms. The Morgan fingerprint density at radius 3 is 2.17 bits per heavy atom. The van der Waals surface area contributed by atoms with Crippen molar-refractivity contribution in [1.29, 1.82) is 0 Å². The Bertz CT molecular complexity index is 713. The first-order valence-corrected chi connectivity index (χ1v) is 7.55. The minimum Gasteiger partial charge on any atom is -0.456 e. The van der Waals surface area contributed by atoms with E-state index in [1.54, 1.807) is 29.2 Å². The second-order valence-electron chi connectivity index (χ2n) is 5.60. The van der Waals surface area contributed by atoms with Gasteiger partial charge in [-0.3, -0.25) is 9.59 Å². The van der Waals surface area contributed by atoms with Crippen LogP contribution in [0.15, 0.2) is 40.8 Å². The van der Waals surface area contributed by atoms with E-state index in [9.17, 15) is 9.59 Å². The lowest BCUT2D eigenvalue weighted by Gasteiger charge is -2.35. The van der Waals surface area contributed by atoms with E-state index in [1.807, 2.05) is 19.1 Å². The lowest BCUT2D eigenvalue weighted by molar-refractivity contribution is 0.0713. The number of primary amides is 1. The van der Waals surface area contributed by atoms with E-state index in [0.29, 0.717) is 24.4 Å². The van der Waals surface area contributed by atoms with Crippen LogP contribution in [0.4, 0.5) is 5.69 Å². The summed E-state index contributed by atoms with van der Waals surface area (Å²) in [6.45, 7) is 4.57. The predicted octanol–water partition coefficient (Wildman–Crippen LogP) is 1.65. The van der Waals surface area contributed by atoms with E-state index >= 15 is 0 Å². The Morgan fingerprint density at radius 1 is 1.00 bits per heavy atom. The Kier molecular flexibility index (Phi) is 4.06. The largest absolute Gasteiger partial charge is 0.456 e. The fourth-order valence-electron chi connectivity index (χ4n) is 2.71. The highest BCUT2D eigenvalue weighted by molar-refractivity contribution is 5.93. The van der Waals surface area contributed by atoms with Crippen molar-refractivity contribution >= 4 is 17.5 Å². The number of anilines is 1. The fraction of sp³-hybridized carbons (Fsp3) is 0.294. The quantitative estimate of drug-likeness (QED) is 0.934. The fourth-order valence-corrected chi connectivity index (χ4v) is 2.71. The van der Waals surface area contributed by atoms with Crippen molar-refractivity contribution in [2.24, 2.45) is 5.73 Å². The first-order valence-electron chi connectivity index (χ1n) is 7.55. The van der Waals surface area contributed by atoms with E-state index < -0.39 is 5.91 Å². The molecule has 0 bridgehead atoms. The normalized spacial score (nSPS) is 14.8. The van der Waals surface area contributed by atoms with Gasteiger partial charge in [-0.25, -0.2) is 0 Å². The summed E-state index contributed by atoms with van der Waals surface area (Å²) in [5.74, 6) is 0.630. The maximum atomic E-state index is 12.3. The van der Waals surface area contributed by atoms with Crippen LogP contribution in [0.1, 0.15) is 26.7 Å². The molecule has 2 amide bonds. The zero-order valence-electron chi connectivity index (χ0n) is 13.0. The molecule has 1 aromatic carbocycles. The van der Waals surface area contributed by atoms with Crippen LogP contribution in [0.2, 0.25) is 0 Å². The highest BCUT2D eigenvalue weighted by Gasteiger charge is 2.24. The average molecular weight is 313 g/mol. The van der Waals surface area contributed by atoms with Gasteiger partial charge < -0.3 is 20.0 Å². The number of nitrogens with zero attached hydrogens (tertiary/aromatic N) is 2. The molecule has 1 fully saturated rings. The van der Waals surface area contributed by atoms with Crippen LogP contribution in [-0.2, 0) is 0 Å². The van der Waals surface area contributed by atoms with Crippen LogP contribution in [0, 0.1) is 6.92 Å². The van der Waals surface area contributed by atoms with Gasteiger partial charge in [-0.05, 0) is 43.3 Å². The molecule has 0 radical (unpaired) electrons. The molecule has 6 heteroatoms. The van der Waals surface area contributed by atoms with Crippen molar-refractivity contribution in [3.63, 3.8) is 0 Å². The van der Waals surface area contributed by atoms with Crippen molar-refractivity contribution < 1.29 is 14.0 Å². The Morgan fingerprint density at radius 2 is 1.65 bits per heavy atom. The second-order valence-corrected chi connectivity index (χ2v) is 5.60. The second kappa shape index (κ2) is 6.16. The Hall–Kier alpha value is -2.76. The maximum Gasteiger partial charge on any atom is 0.289 e. The van der Waals surface area contributed by atoms with Gasteiger partial charge in [0.2, 0.25) is 5.91 Å². The third-order valence-electron chi connectivity index (χ3n) is 4.03. The summed E-state index contributed by atoms with van der Waals surface area (Å²) in [4.78, 5) is 27.4. The number of rotatable bonds is 3. The standard InChI is InChI=1S/C17H19N3O3/c1-12-2-7-15(23-12)17(22)20-10-8-19(9-11-20)14-5-3-13(4-6-14)16(18)21/h2-7H,8-11H2,1H3,(H2,18,21). The molecule has 1 aliphatic heterocycles. The molecule has 2 N–H and O–H groups in total. The number of carbonyl (C=O) groups is 2. The SMILES string of the molecule is Cc1ccc(C(=O)N2CCN(c3ccc(C(N)=O)cc3)CC2)o1. The molecule has 1 aromatic heterocycles. The Balaban J connectivity index is 1.61. The van der Waals surface area contributed by atoms with Gasteiger partial charge in [-0.1, -0.05) is 0 Å². The van der Waals surface area contributed by atoms with Gasteiger partial charge in [0.25, 0.3) is 5.91 Å². The van der Waals surface area contributed by atoms with Gasteiger partial charge in [0.05, 0.1) is 0 Å². The van der Waals surface area contributed by atoms with Crippen molar-refractivity contribution in [3.05, 3.63) is 53.5 Å². The summed E-state index contributed by atoms with van der Waals surface area (Å²) in [6, 6.07) is 10.7. The topological polar surface area (TPSA) is 79.8 Å². The van der Waals surface area contributed by atoms with Gasteiger partial charge in [-0.2, -0.15) is 0 Å². The maximum absolute atomic E-state index is 12.3. The van der Waals surface area contributed by atoms with Crippen LogP contribution in [0.5, 0.6) is 0 Å². The van der Waals surface area contributed by atoms with Crippen LogP contribution < -0.4 is 10.6 Å². The van der Waals surface area contributed by atoms with E-state index in [-0.39, 0.29) is 5.91 Å². The molecule has 1 saturated heterocycles. The van der Waals surface area contributed by atoms with Gasteiger partial charge >= 0.3 is 0 Å². The minimum atomic E-state index is -0.430. The first-order chi connectivity index (χ1) is 11.0. The summed E-state index contributed by atoms with van der Waals surface area (Å²) in [6.07, 6.45) is 0. The molecule has 0 unspecified atom stereocenters.